The molecule has 1 aromatic carbocycles. The Bertz CT molecular complexity index is 611. The second-order valence-electron chi connectivity index (χ2n) is 8.40. The van der Waals surface area contributed by atoms with E-state index in [-0.39, 0.29) is 29.3 Å². The Labute approximate surface area is 162 Å². The third-order valence-electron chi connectivity index (χ3n) is 6.05. The Morgan fingerprint density at radius 2 is 2.00 bits per heavy atom. The molecular formula is C20H30Cl2N2O. The van der Waals surface area contributed by atoms with Crippen molar-refractivity contribution in [1.29, 1.82) is 0 Å². The fourth-order valence-corrected chi connectivity index (χ4v) is 4.65. The van der Waals surface area contributed by atoms with Crippen molar-refractivity contribution in [2.24, 2.45) is 16.6 Å². The second kappa shape index (κ2) is 7.85. The lowest BCUT2D eigenvalue weighted by Crippen LogP contribution is -2.56. The number of halogens is 2. The summed E-state index contributed by atoms with van der Waals surface area (Å²) in [6, 6.07) is 8.14. The lowest BCUT2D eigenvalue weighted by atomic mass is 9.75. The molecule has 1 aliphatic carbocycles. The molecule has 3 rings (SSSR count). The lowest BCUT2D eigenvalue weighted by molar-refractivity contribution is -0.145. The van der Waals surface area contributed by atoms with Gasteiger partial charge in [0.15, 0.2) is 0 Å². The van der Waals surface area contributed by atoms with Crippen molar-refractivity contribution < 1.29 is 4.79 Å². The van der Waals surface area contributed by atoms with Crippen LogP contribution in [0.25, 0.3) is 0 Å². The third-order valence-corrected chi connectivity index (χ3v) is 6.28. The van der Waals surface area contributed by atoms with Crippen LogP contribution in [0.5, 0.6) is 0 Å². The molecule has 25 heavy (non-hydrogen) atoms. The van der Waals surface area contributed by atoms with E-state index >= 15 is 0 Å². The van der Waals surface area contributed by atoms with Crippen molar-refractivity contribution >= 4 is 29.9 Å². The number of carbonyl (C=O) groups is 1. The first-order valence-corrected chi connectivity index (χ1v) is 9.50. The summed E-state index contributed by atoms with van der Waals surface area (Å²) in [5, 5.41) is 0.748. The lowest BCUT2D eigenvalue weighted by Gasteiger charge is -2.45. The van der Waals surface area contributed by atoms with Crippen LogP contribution in [0.15, 0.2) is 24.3 Å². The molecule has 1 aliphatic heterocycles. The van der Waals surface area contributed by atoms with Gasteiger partial charge >= 0.3 is 0 Å². The highest BCUT2D eigenvalue weighted by Crippen LogP contribution is 2.44. The number of hydrogen-bond donors (Lipinski definition) is 1. The highest BCUT2D eigenvalue weighted by Gasteiger charge is 2.46. The molecule has 0 spiro atoms. The van der Waals surface area contributed by atoms with E-state index < -0.39 is 0 Å². The first-order valence-electron chi connectivity index (χ1n) is 9.12. The highest BCUT2D eigenvalue weighted by molar-refractivity contribution is 6.30. The van der Waals surface area contributed by atoms with E-state index in [1.807, 2.05) is 18.2 Å². The Kier molecular flexibility index (Phi) is 6.45. The minimum absolute atomic E-state index is 0. The van der Waals surface area contributed by atoms with E-state index in [9.17, 15) is 4.79 Å². The Hall–Kier alpha value is -0.770. The van der Waals surface area contributed by atoms with Gasteiger partial charge in [-0.1, -0.05) is 50.4 Å². The number of carbonyl (C=O) groups excluding carboxylic acids is 1. The molecule has 1 atom stereocenters. The van der Waals surface area contributed by atoms with Gasteiger partial charge in [0.2, 0.25) is 5.91 Å². The van der Waals surface area contributed by atoms with Crippen LogP contribution >= 0.6 is 24.0 Å². The van der Waals surface area contributed by atoms with E-state index in [0.717, 1.165) is 56.6 Å². The van der Waals surface area contributed by atoms with Gasteiger partial charge in [0, 0.05) is 24.2 Å². The number of nitrogens with two attached hydrogens (primary N) is 1. The third kappa shape index (κ3) is 4.32. The molecule has 0 radical (unpaired) electrons. The maximum Gasteiger partial charge on any atom is 0.229 e. The molecular weight excluding hydrogens is 355 g/mol. The van der Waals surface area contributed by atoms with Crippen LogP contribution in [0.1, 0.15) is 51.5 Å². The highest BCUT2D eigenvalue weighted by atomic mass is 35.5. The Morgan fingerprint density at radius 3 is 2.60 bits per heavy atom. The van der Waals surface area contributed by atoms with E-state index in [2.05, 4.69) is 24.8 Å². The molecule has 1 aromatic rings. The molecule has 2 N–H and O–H groups in total. The summed E-state index contributed by atoms with van der Waals surface area (Å²) in [5.74, 6) is 0.333. The zero-order chi connectivity index (χ0) is 17.4. The summed E-state index contributed by atoms with van der Waals surface area (Å²) in [5.41, 5.74) is 7.16. The van der Waals surface area contributed by atoms with Crippen molar-refractivity contribution in [1.82, 2.24) is 4.90 Å². The van der Waals surface area contributed by atoms with Crippen LogP contribution in [-0.4, -0.2) is 29.9 Å². The van der Waals surface area contributed by atoms with Crippen LogP contribution in [-0.2, 0) is 11.2 Å². The van der Waals surface area contributed by atoms with Gasteiger partial charge in [0.05, 0.1) is 5.41 Å². The standard InChI is InChI=1S/C20H29ClN2O.ClH/c1-19(2)14-23(11-8-17(19)22)18(24)20(9-3-4-10-20)13-15-6-5-7-16(21)12-15;/h5-7,12,17H,3-4,8-11,13-14,22H2,1-2H3;1H. The Balaban J connectivity index is 0.00000225. The van der Waals surface area contributed by atoms with E-state index in [4.69, 9.17) is 17.3 Å². The van der Waals surface area contributed by atoms with Gasteiger partial charge in [-0.3, -0.25) is 4.79 Å². The van der Waals surface area contributed by atoms with Crippen LogP contribution in [0.4, 0.5) is 0 Å². The molecule has 2 aliphatic rings. The largest absolute Gasteiger partial charge is 0.342 e. The van der Waals surface area contributed by atoms with Crippen LogP contribution in [0.2, 0.25) is 5.02 Å². The quantitative estimate of drug-likeness (QED) is 0.836. The van der Waals surface area contributed by atoms with Gasteiger partial charge in [-0.15, -0.1) is 12.4 Å². The van der Waals surface area contributed by atoms with Crippen molar-refractivity contribution in [3.05, 3.63) is 34.9 Å². The fraction of sp³-hybridized carbons (Fsp3) is 0.650. The van der Waals surface area contributed by atoms with Crippen molar-refractivity contribution in [3.63, 3.8) is 0 Å². The van der Waals surface area contributed by atoms with Gasteiger partial charge in [0.25, 0.3) is 0 Å². The number of benzene rings is 1. The van der Waals surface area contributed by atoms with Gasteiger partial charge in [-0.2, -0.15) is 0 Å². The summed E-state index contributed by atoms with van der Waals surface area (Å²) in [4.78, 5) is 15.5. The Morgan fingerprint density at radius 1 is 1.32 bits per heavy atom. The number of rotatable bonds is 3. The minimum atomic E-state index is -0.248. The molecule has 5 heteroatoms. The zero-order valence-electron chi connectivity index (χ0n) is 15.3. The SMILES string of the molecule is CC1(C)CN(C(=O)C2(Cc3cccc(Cl)c3)CCCC2)CCC1N.Cl. The molecule has 2 fully saturated rings. The number of piperidine rings is 1. The first kappa shape index (κ1) is 20.5. The van der Waals surface area contributed by atoms with Crippen LogP contribution in [0, 0.1) is 10.8 Å². The van der Waals surface area contributed by atoms with E-state index in [1.165, 1.54) is 5.56 Å². The van der Waals surface area contributed by atoms with Crippen LogP contribution < -0.4 is 5.73 Å². The summed E-state index contributed by atoms with van der Waals surface area (Å²) < 4.78 is 0. The number of nitrogens with zero attached hydrogens (tertiary/aromatic N) is 1. The smallest absolute Gasteiger partial charge is 0.229 e. The van der Waals surface area contributed by atoms with Gasteiger partial charge in [-0.05, 0) is 48.8 Å². The summed E-state index contributed by atoms with van der Waals surface area (Å²) in [6.45, 7) is 5.91. The minimum Gasteiger partial charge on any atom is -0.342 e. The summed E-state index contributed by atoms with van der Waals surface area (Å²) in [7, 11) is 0. The number of likely N-dealkylation sites (tertiary alicyclic amines) is 1. The molecule has 1 saturated heterocycles. The van der Waals surface area contributed by atoms with Gasteiger partial charge in [-0.25, -0.2) is 0 Å². The van der Waals surface area contributed by atoms with E-state index in [1.54, 1.807) is 0 Å². The maximum absolute atomic E-state index is 13.5. The molecule has 140 valence electrons. The molecule has 1 amide bonds. The zero-order valence-corrected chi connectivity index (χ0v) is 16.8. The first-order chi connectivity index (χ1) is 11.3. The molecule has 1 heterocycles. The molecule has 3 nitrogen and oxygen atoms in total. The molecule has 1 unspecified atom stereocenters. The number of hydrogen-bond acceptors (Lipinski definition) is 2. The summed E-state index contributed by atoms with van der Waals surface area (Å²) in [6.07, 6.45) is 5.95. The fourth-order valence-electron chi connectivity index (χ4n) is 4.44. The maximum atomic E-state index is 13.5. The molecule has 1 saturated carbocycles. The van der Waals surface area contributed by atoms with Gasteiger partial charge in [0.1, 0.15) is 0 Å². The monoisotopic (exact) mass is 384 g/mol. The second-order valence-corrected chi connectivity index (χ2v) is 8.84. The molecule has 0 bridgehead atoms. The summed E-state index contributed by atoms with van der Waals surface area (Å²) >= 11 is 6.15. The van der Waals surface area contributed by atoms with E-state index in [0.29, 0.717) is 5.91 Å². The predicted octanol–water partition coefficient (Wildman–Crippen LogP) is 4.45. The molecule has 0 aromatic heterocycles. The average Bonchev–Trinajstić information content (AvgIpc) is 2.99. The van der Waals surface area contributed by atoms with Crippen LogP contribution in [0.3, 0.4) is 0 Å². The van der Waals surface area contributed by atoms with Crippen molar-refractivity contribution in [3.8, 4) is 0 Å². The normalized spacial score (nSPS) is 24.6. The van der Waals surface area contributed by atoms with Crippen molar-refractivity contribution in [2.75, 3.05) is 13.1 Å². The average molecular weight is 385 g/mol. The number of amides is 1. The predicted molar refractivity (Wildman–Crippen MR) is 106 cm³/mol. The van der Waals surface area contributed by atoms with Crippen molar-refractivity contribution in [2.45, 2.75) is 58.4 Å². The van der Waals surface area contributed by atoms with Gasteiger partial charge < -0.3 is 10.6 Å². The topological polar surface area (TPSA) is 46.3 Å².